The molecular formula is C15H23N3O2. The van der Waals surface area contributed by atoms with Crippen LogP contribution < -0.4 is 16.6 Å². The molecule has 110 valence electrons. The molecule has 0 unspecified atom stereocenters. The molecule has 1 saturated carbocycles. The van der Waals surface area contributed by atoms with Gasteiger partial charge in [0.15, 0.2) is 0 Å². The number of carbonyl (C=O) groups excluding carboxylic acids is 1. The van der Waals surface area contributed by atoms with Gasteiger partial charge in [0.2, 0.25) is 11.5 Å². The summed E-state index contributed by atoms with van der Waals surface area (Å²) in [5.41, 5.74) is 6.64. The number of rotatable bonds is 5. The summed E-state index contributed by atoms with van der Waals surface area (Å²) >= 11 is 0. The van der Waals surface area contributed by atoms with Crippen LogP contribution in [0.15, 0.2) is 23.1 Å². The molecule has 0 spiro atoms. The highest BCUT2D eigenvalue weighted by atomic mass is 16.1. The number of hydrogen-bond acceptors (Lipinski definition) is 3. The minimum absolute atomic E-state index is 0.00661. The lowest BCUT2D eigenvalue weighted by atomic mass is 9.71. The van der Waals surface area contributed by atoms with Gasteiger partial charge in [-0.2, -0.15) is 0 Å². The number of hydrogen-bond donors (Lipinski definition) is 3. The number of aromatic amines is 1. The Morgan fingerprint density at radius 3 is 2.65 bits per heavy atom. The summed E-state index contributed by atoms with van der Waals surface area (Å²) in [6, 6.07) is 3.18. The van der Waals surface area contributed by atoms with E-state index in [9.17, 15) is 9.59 Å². The maximum Gasteiger partial charge on any atom is 0.247 e. The Labute approximate surface area is 119 Å². The summed E-state index contributed by atoms with van der Waals surface area (Å²) in [7, 11) is 0. The molecule has 1 heterocycles. The first-order valence-electron chi connectivity index (χ1n) is 7.28. The van der Waals surface area contributed by atoms with Crippen LogP contribution in [0.1, 0.15) is 44.1 Å². The van der Waals surface area contributed by atoms with Crippen molar-refractivity contribution in [2.24, 2.45) is 11.1 Å². The Balaban J connectivity index is 1.85. The van der Waals surface area contributed by atoms with Gasteiger partial charge in [0.1, 0.15) is 0 Å². The van der Waals surface area contributed by atoms with E-state index < -0.39 is 0 Å². The van der Waals surface area contributed by atoms with Crippen molar-refractivity contribution in [3.8, 4) is 0 Å². The van der Waals surface area contributed by atoms with Crippen molar-refractivity contribution >= 4 is 5.91 Å². The number of nitrogens with two attached hydrogens (primary N) is 1. The number of carbonyl (C=O) groups is 1. The second-order valence-corrected chi connectivity index (χ2v) is 5.78. The molecule has 0 saturated heterocycles. The third-order valence-electron chi connectivity index (χ3n) is 4.22. The zero-order valence-corrected chi connectivity index (χ0v) is 11.8. The van der Waals surface area contributed by atoms with E-state index in [-0.39, 0.29) is 16.9 Å². The predicted molar refractivity (Wildman–Crippen MR) is 78.1 cm³/mol. The van der Waals surface area contributed by atoms with Crippen LogP contribution in [0, 0.1) is 5.41 Å². The SMILES string of the molecule is NCC1(CC(=O)NCc2ccc(=O)[nH]c2)CCCCC1. The van der Waals surface area contributed by atoms with Crippen LogP contribution >= 0.6 is 0 Å². The minimum atomic E-state index is -0.135. The number of amides is 1. The van der Waals surface area contributed by atoms with Gasteiger partial charge >= 0.3 is 0 Å². The van der Waals surface area contributed by atoms with Crippen molar-refractivity contribution in [2.45, 2.75) is 45.1 Å². The Morgan fingerprint density at radius 1 is 1.30 bits per heavy atom. The standard InChI is InChI=1S/C15H23N3O2/c16-11-15(6-2-1-3-7-15)8-14(20)18-10-12-4-5-13(19)17-9-12/h4-5,9H,1-3,6-8,10-11,16H2,(H,17,19)(H,18,20). The van der Waals surface area contributed by atoms with Crippen LogP contribution in [0.4, 0.5) is 0 Å². The number of H-pyrrole nitrogens is 1. The monoisotopic (exact) mass is 277 g/mol. The van der Waals surface area contributed by atoms with Crippen LogP contribution in [0.2, 0.25) is 0 Å². The molecule has 0 aromatic carbocycles. The fourth-order valence-corrected chi connectivity index (χ4v) is 2.91. The first kappa shape index (κ1) is 14.8. The van der Waals surface area contributed by atoms with Crippen LogP contribution in [0.5, 0.6) is 0 Å². The predicted octanol–water partition coefficient (Wildman–Crippen LogP) is 1.29. The van der Waals surface area contributed by atoms with Crippen molar-refractivity contribution in [1.82, 2.24) is 10.3 Å². The van der Waals surface area contributed by atoms with E-state index in [0.29, 0.717) is 19.5 Å². The molecule has 0 aliphatic heterocycles. The van der Waals surface area contributed by atoms with Crippen molar-refractivity contribution < 1.29 is 4.79 Å². The zero-order chi connectivity index (χ0) is 14.4. The van der Waals surface area contributed by atoms with Crippen LogP contribution in [0.3, 0.4) is 0 Å². The van der Waals surface area contributed by atoms with Crippen LogP contribution in [-0.2, 0) is 11.3 Å². The molecule has 2 rings (SSSR count). The molecule has 20 heavy (non-hydrogen) atoms. The summed E-state index contributed by atoms with van der Waals surface area (Å²) in [4.78, 5) is 25.6. The molecule has 5 nitrogen and oxygen atoms in total. The molecule has 1 amide bonds. The maximum absolute atomic E-state index is 12.1. The minimum Gasteiger partial charge on any atom is -0.352 e. The Hall–Kier alpha value is -1.62. The fourth-order valence-electron chi connectivity index (χ4n) is 2.91. The quantitative estimate of drug-likeness (QED) is 0.757. The highest BCUT2D eigenvalue weighted by Crippen LogP contribution is 2.38. The van der Waals surface area contributed by atoms with E-state index >= 15 is 0 Å². The largest absolute Gasteiger partial charge is 0.352 e. The van der Waals surface area contributed by atoms with Gasteiger partial charge in [-0.25, -0.2) is 0 Å². The van der Waals surface area contributed by atoms with Crippen molar-refractivity contribution in [2.75, 3.05) is 6.54 Å². The van der Waals surface area contributed by atoms with E-state index in [2.05, 4.69) is 10.3 Å². The average Bonchev–Trinajstić information content (AvgIpc) is 2.47. The van der Waals surface area contributed by atoms with Gasteiger partial charge in [0, 0.05) is 25.2 Å². The first-order valence-corrected chi connectivity index (χ1v) is 7.28. The molecule has 0 atom stereocenters. The summed E-state index contributed by atoms with van der Waals surface area (Å²) < 4.78 is 0. The van der Waals surface area contributed by atoms with Crippen molar-refractivity contribution in [1.29, 1.82) is 0 Å². The fraction of sp³-hybridized carbons (Fsp3) is 0.600. The van der Waals surface area contributed by atoms with Gasteiger partial charge in [0.25, 0.3) is 0 Å². The average molecular weight is 277 g/mol. The van der Waals surface area contributed by atoms with Crippen molar-refractivity contribution in [3.05, 3.63) is 34.2 Å². The lowest BCUT2D eigenvalue weighted by Gasteiger charge is -2.35. The van der Waals surface area contributed by atoms with Crippen molar-refractivity contribution in [3.63, 3.8) is 0 Å². The molecule has 1 aliphatic carbocycles. The highest BCUT2D eigenvalue weighted by molar-refractivity contribution is 5.76. The van der Waals surface area contributed by atoms with Gasteiger partial charge in [-0.1, -0.05) is 25.3 Å². The van der Waals surface area contributed by atoms with E-state index in [4.69, 9.17) is 5.73 Å². The van der Waals surface area contributed by atoms with Crippen LogP contribution in [0.25, 0.3) is 0 Å². The Morgan fingerprint density at radius 2 is 2.05 bits per heavy atom. The maximum atomic E-state index is 12.1. The molecule has 1 aromatic rings. The normalized spacial score (nSPS) is 17.6. The molecule has 5 heteroatoms. The van der Waals surface area contributed by atoms with Gasteiger partial charge in [-0.15, -0.1) is 0 Å². The molecular weight excluding hydrogens is 254 g/mol. The lowest BCUT2D eigenvalue weighted by Crippen LogP contribution is -2.38. The smallest absolute Gasteiger partial charge is 0.247 e. The lowest BCUT2D eigenvalue weighted by molar-refractivity contribution is -0.124. The molecule has 4 N–H and O–H groups in total. The van der Waals surface area contributed by atoms with E-state index in [1.54, 1.807) is 12.3 Å². The molecule has 1 aromatic heterocycles. The summed E-state index contributed by atoms with van der Waals surface area (Å²) in [5, 5.41) is 2.91. The third kappa shape index (κ3) is 3.93. The first-order chi connectivity index (χ1) is 9.63. The molecule has 1 fully saturated rings. The molecule has 1 aliphatic rings. The molecule has 0 bridgehead atoms. The number of aromatic nitrogens is 1. The van der Waals surface area contributed by atoms with Gasteiger partial charge in [0.05, 0.1) is 0 Å². The Bertz CT molecular complexity index is 484. The second-order valence-electron chi connectivity index (χ2n) is 5.78. The summed E-state index contributed by atoms with van der Waals surface area (Å²) in [6.45, 7) is 1.02. The summed E-state index contributed by atoms with van der Waals surface area (Å²) in [5.74, 6) is 0.0450. The second kappa shape index (κ2) is 6.70. The topological polar surface area (TPSA) is 88.0 Å². The van der Waals surface area contributed by atoms with Gasteiger partial charge in [-0.05, 0) is 30.4 Å². The number of nitrogens with one attached hydrogen (secondary N) is 2. The van der Waals surface area contributed by atoms with E-state index in [1.807, 2.05) is 0 Å². The zero-order valence-electron chi connectivity index (χ0n) is 11.8. The number of pyridine rings is 1. The van der Waals surface area contributed by atoms with Gasteiger partial charge in [-0.3, -0.25) is 9.59 Å². The van der Waals surface area contributed by atoms with Crippen LogP contribution in [-0.4, -0.2) is 17.4 Å². The van der Waals surface area contributed by atoms with E-state index in [0.717, 1.165) is 18.4 Å². The van der Waals surface area contributed by atoms with E-state index in [1.165, 1.54) is 25.3 Å². The Kier molecular flexibility index (Phi) is 4.95. The summed E-state index contributed by atoms with van der Waals surface area (Å²) in [6.07, 6.45) is 7.83. The highest BCUT2D eigenvalue weighted by Gasteiger charge is 2.32. The van der Waals surface area contributed by atoms with Gasteiger partial charge < -0.3 is 16.0 Å². The molecule has 0 radical (unpaired) electrons. The third-order valence-corrected chi connectivity index (χ3v) is 4.22.